The van der Waals surface area contributed by atoms with Crippen LogP contribution in [-0.2, 0) is 10.0 Å². The molecule has 0 unspecified atom stereocenters. The summed E-state index contributed by atoms with van der Waals surface area (Å²) >= 11 is 0. The van der Waals surface area contributed by atoms with E-state index in [0.717, 1.165) is 12.1 Å². The van der Waals surface area contributed by atoms with E-state index in [1.54, 1.807) is 31.5 Å². The molecule has 1 N–H and O–H groups in total. The highest BCUT2D eigenvalue weighted by atomic mass is 32.2. The summed E-state index contributed by atoms with van der Waals surface area (Å²) in [4.78, 5) is 3.37. The summed E-state index contributed by atoms with van der Waals surface area (Å²) in [6.45, 7) is 1.66. The van der Waals surface area contributed by atoms with Gasteiger partial charge in [-0.1, -0.05) is 0 Å². The fraction of sp³-hybridized carbons (Fsp3) is 0.267. The Balaban J connectivity index is 2.36. The summed E-state index contributed by atoms with van der Waals surface area (Å²) < 4.78 is 51.4. The van der Waals surface area contributed by atoms with Crippen LogP contribution in [-0.4, -0.2) is 27.6 Å². The Kier molecular flexibility index (Phi) is 5.17. The van der Waals surface area contributed by atoms with Gasteiger partial charge in [0.05, 0.1) is 14.2 Å². The number of aromatic nitrogens is 1. The Morgan fingerprint density at radius 3 is 2.26 bits per heavy atom. The van der Waals surface area contributed by atoms with Gasteiger partial charge >= 0.3 is 0 Å². The van der Waals surface area contributed by atoms with Crippen molar-refractivity contribution in [2.24, 2.45) is 0 Å². The van der Waals surface area contributed by atoms with E-state index in [1.807, 2.05) is 0 Å². The molecule has 0 fully saturated rings. The summed E-state index contributed by atoms with van der Waals surface area (Å²) in [7, 11) is -1.39. The molecular weight excluding hydrogens is 323 g/mol. The van der Waals surface area contributed by atoms with Gasteiger partial charge in [-0.25, -0.2) is 17.5 Å². The molecule has 1 atom stereocenters. The van der Waals surface area contributed by atoms with Crippen molar-refractivity contribution in [2.45, 2.75) is 17.9 Å². The van der Waals surface area contributed by atoms with E-state index in [2.05, 4.69) is 9.71 Å². The van der Waals surface area contributed by atoms with E-state index >= 15 is 0 Å². The molecule has 0 bridgehead atoms. The topological polar surface area (TPSA) is 77.5 Å². The van der Waals surface area contributed by atoms with Crippen molar-refractivity contribution in [3.05, 3.63) is 48.0 Å². The molecule has 0 aliphatic carbocycles. The lowest BCUT2D eigenvalue weighted by Crippen LogP contribution is -2.27. The molecular formula is C15H17FN2O4S. The second kappa shape index (κ2) is 6.93. The molecule has 0 spiro atoms. The minimum Gasteiger partial charge on any atom is -0.493 e. The summed E-state index contributed by atoms with van der Waals surface area (Å²) in [6, 6.07) is 4.88. The monoisotopic (exact) mass is 340 g/mol. The molecule has 2 aromatic rings. The molecule has 124 valence electrons. The number of methoxy groups -OCH3 is 2. The molecule has 0 saturated carbocycles. The predicted octanol–water partition coefficient (Wildman–Crippen LogP) is 2.28. The van der Waals surface area contributed by atoms with Gasteiger partial charge in [0, 0.05) is 30.6 Å². The zero-order valence-corrected chi connectivity index (χ0v) is 13.7. The van der Waals surface area contributed by atoms with Gasteiger partial charge < -0.3 is 9.47 Å². The SMILES string of the molecule is COc1cc(F)c(S(=O)(=O)N[C@@H](C)c2ccncc2)cc1OC. The first-order valence-corrected chi connectivity index (χ1v) is 8.21. The number of halogens is 1. The first-order chi connectivity index (χ1) is 10.9. The van der Waals surface area contributed by atoms with Crippen LogP contribution in [0.5, 0.6) is 11.5 Å². The summed E-state index contributed by atoms with van der Waals surface area (Å²) in [5, 5.41) is 0. The predicted molar refractivity (Wildman–Crippen MR) is 82.5 cm³/mol. The van der Waals surface area contributed by atoms with Gasteiger partial charge in [-0.05, 0) is 24.6 Å². The Bertz CT molecular complexity index is 782. The number of rotatable bonds is 6. The minimum atomic E-state index is -4.08. The first-order valence-electron chi connectivity index (χ1n) is 6.73. The zero-order chi connectivity index (χ0) is 17.0. The van der Waals surface area contributed by atoms with Crippen LogP contribution in [0.15, 0.2) is 41.6 Å². The summed E-state index contributed by atoms with van der Waals surface area (Å²) in [5.41, 5.74) is 0.712. The maximum atomic E-state index is 14.1. The Labute approximate surface area is 134 Å². The van der Waals surface area contributed by atoms with Crippen LogP contribution in [0.3, 0.4) is 0 Å². The van der Waals surface area contributed by atoms with Crippen LogP contribution < -0.4 is 14.2 Å². The third-order valence-electron chi connectivity index (χ3n) is 3.27. The minimum absolute atomic E-state index is 0.117. The maximum absolute atomic E-state index is 14.1. The van der Waals surface area contributed by atoms with Crippen LogP contribution in [0.25, 0.3) is 0 Å². The molecule has 6 nitrogen and oxygen atoms in total. The van der Waals surface area contributed by atoms with Gasteiger partial charge in [-0.2, -0.15) is 0 Å². The normalized spacial score (nSPS) is 12.7. The molecule has 1 aromatic carbocycles. The van der Waals surface area contributed by atoms with Crippen molar-refractivity contribution in [1.82, 2.24) is 9.71 Å². The van der Waals surface area contributed by atoms with Crippen LogP contribution >= 0.6 is 0 Å². The number of pyridine rings is 1. The second-order valence-electron chi connectivity index (χ2n) is 4.76. The van der Waals surface area contributed by atoms with E-state index in [0.29, 0.717) is 5.56 Å². The molecule has 0 radical (unpaired) electrons. The molecule has 1 heterocycles. The molecule has 0 aliphatic rings. The number of hydrogen-bond acceptors (Lipinski definition) is 5. The Hall–Kier alpha value is -2.19. The lowest BCUT2D eigenvalue weighted by atomic mass is 10.1. The molecule has 2 rings (SSSR count). The van der Waals surface area contributed by atoms with Crippen LogP contribution in [0.4, 0.5) is 4.39 Å². The number of nitrogens with one attached hydrogen (secondary N) is 1. The van der Waals surface area contributed by atoms with Crippen LogP contribution in [0.2, 0.25) is 0 Å². The van der Waals surface area contributed by atoms with Gasteiger partial charge in [0.1, 0.15) is 10.7 Å². The third-order valence-corrected chi connectivity index (χ3v) is 4.82. The number of benzene rings is 1. The van der Waals surface area contributed by atoms with Gasteiger partial charge in [0.15, 0.2) is 11.5 Å². The van der Waals surface area contributed by atoms with Crippen molar-refractivity contribution >= 4 is 10.0 Å². The third kappa shape index (κ3) is 3.77. The largest absolute Gasteiger partial charge is 0.493 e. The van der Waals surface area contributed by atoms with E-state index in [1.165, 1.54) is 14.2 Å². The highest BCUT2D eigenvalue weighted by Gasteiger charge is 2.24. The molecule has 8 heteroatoms. The fourth-order valence-electron chi connectivity index (χ4n) is 2.06. The average molecular weight is 340 g/mol. The molecule has 0 aliphatic heterocycles. The molecule has 23 heavy (non-hydrogen) atoms. The first kappa shape index (κ1) is 17.2. The van der Waals surface area contributed by atoms with E-state index in [-0.39, 0.29) is 11.5 Å². The van der Waals surface area contributed by atoms with Crippen molar-refractivity contribution in [3.63, 3.8) is 0 Å². The van der Waals surface area contributed by atoms with E-state index in [9.17, 15) is 12.8 Å². The van der Waals surface area contributed by atoms with Gasteiger partial charge in [0.25, 0.3) is 0 Å². The standard InChI is InChI=1S/C15H17FN2O4S/c1-10(11-4-6-17-7-5-11)18-23(19,20)15-9-14(22-3)13(21-2)8-12(15)16/h4-10,18H,1-3H3/t10-/m0/s1. The zero-order valence-electron chi connectivity index (χ0n) is 12.9. The van der Waals surface area contributed by atoms with Crippen molar-refractivity contribution < 1.29 is 22.3 Å². The molecule has 0 amide bonds. The van der Waals surface area contributed by atoms with E-state index < -0.39 is 26.8 Å². The number of hydrogen-bond donors (Lipinski definition) is 1. The maximum Gasteiger partial charge on any atom is 0.244 e. The Morgan fingerprint density at radius 2 is 1.70 bits per heavy atom. The summed E-state index contributed by atoms with van der Waals surface area (Å²) in [5.74, 6) is -0.672. The quantitative estimate of drug-likeness (QED) is 0.873. The van der Waals surface area contributed by atoms with Crippen molar-refractivity contribution in [3.8, 4) is 11.5 Å². The van der Waals surface area contributed by atoms with E-state index in [4.69, 9.17) is 9.47 Å². The lowest BCUT2D eigenvalue weighted by molar-refractivity contribution is 0.350. The highest BCUT2D eigenvalue weighted by molar-refractivity contribution is 7.89. The number of sulfonamides is 1. The number of ether oxygens (including phenoxy) is 2. The lowest BCUT2D eigenvalue weighted by Gasteiger charge is -2.16. The fourth-order valence-corrected chi connectivity index (χ4v) is 3.36. The Morgan fingerprint density at radius 1 is 1.13 bits per heavy atom. The van der Waals surface area contributed by atoms with Crippen LogP contribution in [0.1, 0.15) is 18.5 Å². The van der Waals surface area contributed by atoms with Crippen LogP contribution in [0, 0.1) is 5.82 Å². The second-order valence-corrected chi connectivity index (χ2v) is 6.44. The van der Waals surface area contributed by atoms with Gasteiger partial charge in [-0.15, -0.1) is 0 Å². The highest BCUT2D eigenvalue weighted by Crippen LogP contribution is 2.32. The molecule has 1 aromatic heterocycles. The van der Waals surface area contributed by atoms with Gasteiger partial charge in [-0.3, -0.25) is 4.98 Å². The smallest absolute Gasteiger partial charge is 0.244 e. The van der Waals surface area contributed by atoms with Crippen molar-refractivity contribution in [2.75, 3.05) is 14.2 Å². The molecule has 0 saturated heterocycles. The summed E-state index contributed by atoms with van der Waals surface area (Å²) in [6.07, 6.45) is 3.11. The van der Waals surface area contributed by atoms with Crippen molar-refractivity contribution in [1.29, 1.82) is 0 Å². The van der Waals surface area contributed by atoms with Gasteiger partial charge in [0.2, 0.25) is 10.0 Å². The number of nitrogens with zero attached hydrogens (tertiary/aromatic N) is 1. The average Bonchev–Trinajstić information content (AvgIpc) is 2.54.